The van der Waals surface area contributed by atoms with Gasteiger partial charge in [0.2, 0.25) is 0 Å². The molecule has 1 heterocycles. The minimum Gasteiger partial charge on any atom is -0.383 e. The van der Waals surface area contributed by atoms with E-state index in [4.69, 9.17) is 23.1 Å². The standard InChI is InChI=1S/C11H8ClF3N4O/c12-7-2-1-5(11(13,14)15)3-8(7)19-9(16)6(4-18-19)10(17)20/h1-4H,16H2,(H2,17,20). The summed E-state index contributed by atoms with van der Waals surface area (Å²) in [6.07, 6.45) is -3.47. The van der Waals surface area contributed by atoms with Crippen molar-refractivity contribution in [1.82, 2.24) is 9.78 Å². The van der Waals surface area contributed by atoms with E-state index < -0.39 is 17.6 Å². The van der Waals surface area contributed by atoms with Gasteiger partial charge in [0.25, 0.3) is 5.91 Å². The number of anilines is 1. The Kier molecular flexibility index (Phi) is 3.34. The van der Waals surface area contributed by atoms with Crippen molar-refractivity contribution in [3.8, 4) is 5.69 Å². The predicted octanol–water partition coefficient (Wildman–Crippen LogP) is 2.23. The number of nitrogen functional groups attached to an aromatic ring is 1. The monoisotopic (exact) mass is 304 g/mol. The highest BCUT2D eigenvalue weighted by atomic mass is 35.5. The smallest absolute Gasteiger partial charge is 0.383 e. The Bertz CT molecular complexity index is 681. The fourth-order valence-corrected chi connectivity index (χ4v) is 1.79. The van der Waals surface area contributed by atoms with Crippen LogP contribution in [0.3, 0.4) is 0 Å². The fraction of sp³-hybridized carbons (Fsp3) is 0.0909. The molecular formula is C11H8ClF3N4O. The summed E-state index contributed by atoms with van der Waals surface area (Å²) in [5.74, 6) is -1.02. The SMILES string of the molecule is NC(=O)c1cnn(-c2cc(C(F)(F)F)ccc2Cl)c1N. The lowest BCUT2D eigenvalue weighted by Gasteiger charge is -2.11. The Balaban J connectivity index is 2.61. The van der Waals surface area contributed by atoms with Gasteiger partial charge < -0.3 is 11.5 Å². The van der Waals surface area contributed by atoms with E-state index in [9.17, 15) is 18.0 Å². The lowest BCUT2D eigenvalue weighted by Crippen LogP contribution is -2.14. The number of hydrogen-bond acceptors (Lipinski definition) is 3. The number of carbonyl (C=O) groups is 1. The van der Waals surface area contributed by atoms with Crippen LogP contribution in [0, 0.1) is 0 Å². The van der Waals surface area contributed by atoms with Gasteiger partial charge in [-0.15, -0.1) is 0 Å². The molecule has 0 aliphatic carbocycles. The molecule has 0 atom stereocenters. The number of primary amides is 1. The number of benzene rings is 1. The third-order valence-corrected chi connectivity index (χ3v) is 2.89. The van der Waals surface area contributed by atoms with Crippen LogP contribution in [-0.4, -0.2) is 15.7 Å². The van der Waals surface area contributed by atoms with Crippen molar-refractivity contribution >= 4 is 23.3 Å². The quantitative estimate of drug-likeness (QED) is 0.892. The van der Waals surface area contributed by atoms with Crippen LogP contribution < -0.4 is 11.5 Å². The average Bonchev–Trinajstić information content (AvgIpc) is 2.70. The summed E-state index contributed by atoms with van der Waals surface area (Å²) in [6.45, 7) is 0. The zero-order valence-corrected chi connectivity index (χ0v) is 10.5. The highest BCUT2D eigenvalue weighted by Gasteiger charge is 2.31. The molecule has 0 radical (unpaired) electrons. The molecule has 0 saturated carbocycles. The first-order valence-corrected chi connectivity index (χ1v) is 5.60. The molecule has 1 amide bonds. The zero-order valence-electron chi connectivity index (χ0n) is 9.78. The number of alkyl halides is 3. The Morgan fingerprint density at radius 3 is 2.50 bits per heavy atom. The normalized spacial score (nSPS) is 11.6. The van der Waals surface area contributed by atoms with Crippen LogP contribution in [0.4, 0.5) is 19.0 Å². The largest absolute Gasteiger partial charge is 0.416 e. The summed E-state index contributed by atoms with van der Waals surface area (Å²) in [5, 5.41) is 3.73. The first-order chi connectivity index (χ1) is 9.21. The van der Waals surface area contributed by atoms with E-state index in [1.807, 2.05) is 0 Å². The molecular weight excluding hydrogens is 297 g/mol. The lowest BCUT2D eigenvalue weighted by atomic mass is 10.2. The van der Waals surface area contributed by atoms with Gasteiger partial charge in [0.1, 0.15) is 11.4 Å². The number of aromatic nitrogens is 2. The maximum absolute atomic E-state index is 12.7. The molecule has 1 aromatic heterocycles. The molecule has 0 fully saturated rings. The van der Waals surface area contributed by atoms with E-state index in [1.165, 1.54) is 0 Å². The first kappa shape index (κ1) is 14.2. The van der Waals surface area contributed by atoms with Gasteiger partial charge in [0.15, 0.2) is 0 Å². The van der Waals surface area contributed by atoms with Gasteiger partial charge in [0.05, 0.1) is 22.5 Å². The van der Waals surface area contributed by atoms with Crippen molar-refractivity contribution in [1.29, 1.82) is 0 Å². The van der Waals surface area contributed by atoms with Gasteiger partial charge in [-0.3, -0.25) is 4.79 Å². The van der Waals surface area contributed by atoms with E-state index in [1.54, 1.807) is 0 Å². The first-order valence-electron chi connectivity index (χ1n) is 5.22. The molecule has 5 nitrogen and oxygen atoms in total. The molecule has 0 unspecified atom stereocenters. The second-order valence-corrected chi connectivity index (χ2v) is 4.29. The number of amides is 1. The van der Waals surface area contributed by atoms with E-state index in [0.29, 0.717) is 0 Å². The van der Waals surface area contributed by atoms with E-state index in [2.05, 4.69) is 5.10 Å². The van der Waals surface area contributed by atoms with Crippen molar-refractivity contribution in [2.24, 2.45) is 5.73 Å². The van der Waals surface area contributed by atoms with E-state index >= 15 is 0 Å². The third kappa shape index (κ3) is 2.42. The van der Waals surface area contributed by atoms with Crippen LogP contribution in [0.2, 0.25) is 5.02 Å². The molecule has 1 aromatic carbocycles. The summed E-state index contributed by atoms with van der Waals surface area (Å²) in [6, 6.07) is 2.70. The van der Waals surface area contributed by atoms with Crippen molar-refractivity contribution in [3.63, 3.8) is 0 Å². The van der Waals surface area contributed by atoms with Crippen LogP contribution in [-0.2, 0) is 6.18 Å². The van der Waals surface area contributed by atoms with Crippen molar-refractivity contribution in [3.05, 3.63) is 40.5 Å². The second-order valence-electron chi connectivity index (χ2n) is 3.88. The predicted molar refractivity (Wildman–Crippen MR) is 66.5 cm³/mol. The highest BCUT2D eigenvalue weighted by Crippen LogP contribution is 2.33. The lowest BCUT2D eigenvalue weighted by molar-refractivity contribution is -0.137. The molecule has 4 N–H and O–H groups in total. The van der Waals surface area contributed by atoms with E-state index in [-0.39, 0.29) is 22.1 Å². The highest BCUT2D eigenvalue weighted by molar-refractivity contribution is 6.32. The van der Waals surface area contributed by atoms with E-state index in [0.717, 1.165) is 29.1 Å². The summed E-state index contributed by atoms with van der Waals surface area (Å²) in [5.41, 5.74) is 9.58. The number of rotatable bonds is 2. The van der Waals surface area contributed by atoms with Gasteiger partial charge in [-0.1, -0.05) is 11.6 Å². The number of nitrogens with zero attached hydrogens (tertiary/aromatic N) is 2. The van der Waals surface area contributed by atoms with Gasteiger partial charge in [-0.25, -0.2) is 4.68 Å². The molecule has 0 aliphatic heterocycles. The van der Waals surface area contributed by atoms with Crippen molar-refractivity contribution in [2.75, 3.05) is 5.73 Å². The van der Waals surface area contributed by atoms with Crippen LogP contribution in [0.25, 0.3) is 5.69 Å². The summed E-state index contributed by atoms with van der Waals surface area (Å²) < 4.78 is 38.9. The van der Waals surface area contributed by atoms with Crippen LogP contribution in [0.1, 0.15) is 15.9 Å². The molecule has 0 spiro atoms. The molecule has 0 aliphatic rings. The molecule has 2 rings (SSSR count). The zero-order chi connectivity index (χ0) is 15.1. The fourth-order valence-electron chi connectivity index (χ4n) is 1.59. The molecule has 9 heteroatoms. The van der Waals surface area contributed by atoms with Crippen LogP contribution in [0.5, 0.6) is 0 Å². The maximum Gasteiger partial charge on any atom is 0.416 e. The van der Waals surface area contributed by atoms with Crippen molar-refractivity contribution in [2.45, 2.75) is 6.18 Å². The van der Waals surface area contributed by atoms with Crippen molar-refractivity contribution < 1.29 is 18.0 Å². The maximum atomic E-state index is 12.7. The molecule has 20 heavy (non-hydrogen) atoms. The molecule has 0 saturated heterocycles. The topological polar surface area (TPSA) is 86.9 Å². The molecule has 0 bridgehead atoms. The van der Waals surface area contributed by atoms with Gasteiger partial charge >= 0.3 is 6.18 Å². The average molecular weight is 305 g/mol. The Labute approximate surface area is 115 Å². The van der Waals surface area contributed by atoms with Gasteiger partial charge in [-0.05, 0) is 18.2 Å². The molecule has 2 aromatic rings. The summed E-state index contributed by atoms with van der Waals surface area (Å²) in [7, 11) is 0. The van der Waals surface area contributed by atoms with Crippen LogP contribution in [0.15, 0.2) is 24.4 Å². The Morgan fingerprint density at radius 2 is 2.00 bits per heavy atom. The third-order valence-electron chi connectivity index (χ3n) is 2.57. The minimum atomic E-state index is -4.53. The minimum absolute atomic E-state index is 0.00354. The number of hydrogen-bond donors (Lipinski definition) is 2. The number of halogens is 4. The second kappa shape index (κ2) is 4.71. The van der Waals surface area contributed by atoms with Gasteiger partial charge in [-0.2, -0.15) is 18.3 Å². The summed E-state index contributed by atoms with van der Waals surface area (Å²) >= 11 is 5.84. The molecule has 106 valence electrons. The Morgan fingerprint density at radius 1 is 1.35 bits per heavy atom. The van der Waals surface area contributed by atoms with Gasteiger partial charge in [0, 0.05) is 0 Å². The summed E-state index contributed by atoms with van der Waals surface area (Å²) in [4.78, 5) is 11.1. The number of nitrogens with two attached hydrogens (primary N) is 2. The van der Waals surface area contributed by atoms with Crippen LogP contribution >= 0.6 is 11.6 Å². The Hall–Kier alpha value is -2.22. The number of carbonyl (C=O) groups excluding carboxylic acids is 1.